The Balaban J connectivity index is 1.76. The molecule has 1 aliphatic carbocycles. The lowest BCUT2D eigenvalue weighted by Gasteiger charge is -2.34. The van der Waals surface area contributed by atoms with Crippen molar-refractivity contribution < 1.29 is 9.59 Å². The van der Waals surface area contributed by atoms with E-state index in [-0.39, 0.29) is 23.3 Å². The smallest absolute Gasteiger partial charge is 0.236 e. The number of nitrogens with one attached hydrogen (secondary N) is 1. The molecule has 4 heteroatoms. The molecule has 3 rings (SSSR count). The lowest BCUT2D eigenvalue weighted by Crippen LogP contribution is -2.48. The first-order chi connectivity index (χ1) is 10.1. The van der Waals surface area contributed by atoms with Crippen LogP contribution in [0.1, 0.15) is 64.7 Å². The van der Waals surface area contributed by atoms with E-state index in [1.165, 1.54) is 12.8 Å². The zero-order valence-electron chi connectivity index (χ0n) is 13.2. The van der Waals surface area contributed by atoms with Crippen molar-refractivity contribution in [3.05, 3.63) is 0 Å². The third-order valence-electron chi connectivity index (χ3n) is 5.92. The molecule has 0 aromatic carbocycles. The van der Waals surface area contributed by atoms with Crippen molar-refractivity contribution in [2.75, 3.05) is 13.1 Å². The molecule has 2 unspecified atom stereocenters. The number of amides is 2. The molecule has 2 aliphatic heterocycles. The van der Waals surface area contributed by atoms with Crippen LogP contribution >= 0.6 is 0 Å². The maximum Gasteiger partial charge on any atom is 0.236 e. The zero-order chi connectivity index (χ0) is 14.9. The first-order valence-electron chi connectivity index (χ1n) is 8.71. The molecule has 3 fully saturated rings. The van der Waals surface area contributed by atoms with E-state index >= 15 is 0 Å². The molecular weight excluding hydrogens is 264 g/mol. The van der Waals surface area contributed by atoms with Gasteiger partial charge in [-0.1, -0.05) is 25.7 Å². The van der Waals surface area contributed by atoms with Gasteiger partial charge in [-0.3, -0.25) is 14.5 Å². The van der Waals surface area contributed by atoms with Gasteiger partial charge in [0.15, 0.2) is 0 Å². The molecule has 3 aliphatic rings. The lowest BCUT2D eigenvalue weighted by atomic mass is 9.79. The highest BCUT2D eigenvalue weighted by Crippen LogP contribution is 2.45. The first-order valence-corrected chi connectivity index (χ1v) is 8.71. The fraction of sp³-hybridized carbons (Fsp3) is 0.882. The van der Waals surface area contributed by atoms with Crippen molar-refractivity contribution in [1.29, 1.82) is 0 Å². The average Bonchev–Trinajstić information content (AvgIpc) is 2.67. The van der Waals surface area contributed by atoms with Crippen molar-refractivity contribution in [2.45, 2.75) is 70.8 Å². The Bertz CT molecular complexity index is 407. The molecule has 2 saturated heterocycles. The first kappa shape index (κ1) is 15.0. The number of hydrogen-bond donors (Lipinski definition) is 1. The number of nitrogens with zero attached hydrogens (tertiary/aromatic N) is 1. The summed E-state index contributed by atoms with van der Waals surface area (Å²) < 4.78 is 0. The van der Waals surface area contributed by atoms with Crippen LogP contribution in [0.25, 0.3) is 0 Å². The van der Waals surface area contributed by atoms with Crippen molar-refractivity contribution in [3.63, 3.8) is 0 Å². The zero-order valence-corrected chi connectivity index (χ0v) is 13.2. The minimum absolute atomic E-state index is 0.0560. The Morgan fingerprint density at radius 2 is 1.86 bits per heavy atom. The number of piperidine rings is 1. The fourth-order valence-electron chi connectivity index (χ4n) is 4.53. The summed E-state index contributed by atoms with van der Waals surface area (Å²) in [4.78, 5) is 27.2. The van der Waals surface area contributed by atoms with Crippen LogP contribution in [-0.4, -0.2) is 35.8 Å². The van der Waals surface area contributed by atoms with Gasteiger partial charge in [-0.05, 0) is 51.6 Å². The van der Waals surface area contributed by atoms with Crippen LogP contribution < -0.4 is 5.32 Å². The summed E-state index contributed by atoms with van der Waals surface area (Å²) in [6, 6.07) is 0.0560. The Morgan fingerprint density at radius 1 is 1.14 bits per heavy atom. The van der Waals surface area contributed by atoms with Crippen LogP contribution in [0, 0.1) is 11.3 Å². The molecule has 0 aromatic rings. The molecular formula is C17H28N2O2. The number of carbonyl (C=O) groups is 2. The molecule has 21 heavy (non-hydrogen) atoms. The van der Waals surface area contributed by atoms with Crippen LogP contribution in [0.2, 0.25) is 0 Å². The van der Waals surface area contributed by atoms with Gasteiger partial charge in [-0.15, -0.1) is 0 Å². The molecule has 1 saturated carbocycles. The summed E-state index contributed by atoms with van der Waals surface area (Å²) in [6.45, 7) is 4.07. The van der Waals surface area contributed by atoms with Gasteiger partial charge in [0.1, 0.15) is 0 Å². The Hall–Kier alpha value is -0.900. The number of carbonyl (C=O) groups excluding carboxylic acids is 2. The second-order valence-electron chi connectivity index (χ2n) is 7.29. The van der Waals surface area contributed by atoms with Crippen molar-refractivity contribution in [1.82, 2.24) is 10.2 Å². The fourth-order valence-corrected chi connectivity index (χ4v) is 4.53. The quantitative estimate of drug-likeness (QED) is 0.795. The lowest BCUT2D eigenvalue weighted by molar-refractivity contribution is -0.145. The van der Waals surface area contributed by atoms with Crippen LogP contribution in [0.3, 0.4) is 0 Å². The minimum Gasteiger partial charge on any atom is -0.316 e. The molecule has 2 atom stereocenters. The summed E-state index contributed by atoms with van der Waals surface area (Å²) in [5.74, 6) is 0.653. The predicted octanol–water partition coefficient (Wildman–Crippen LogP) is 2.47. The third-order valence-corrected chi connectivity index (χ3v) is 5.92. The van der Waals surface area contributed by atoms with E-state index in [0.29, 0.717) is 12.3 Å². The highest BCUT2D eigenvalue weighted by Gasteiger charge is 2.52. The normalized spacial score (nSPS) is 31.5. The highest BCUT2D eigenvalue weighted by molar-refractivity contribution is 6.06. The number of imide groups is 1. The monoisotopic (exact) mass is 292 g/mol. The Labute approximate surface area is 127 Å². The standard InChI is InChI=1S/C17H28N2O2/c1-13(14-7-6-10-18-12-14)19-15(20)11-17(16(19)21)8-4-2-3-5-9-17/h13-14,18H,2-12H2,1H3. The van der Waals surface area contributed by atoms with Gasteiger partial charge in [0, 0.05) is 12.5 Å². The molecule has 2 heterocycles. The molecule has 2 amide bonds. The van der Waals surface area contributed by atoms with Gasteiger partial charge in [0.25, 0.3) is 0 Å². The van der Waals surface area contributed by atoms with E-state index in [9.17, 15) is 9.59 Å². The summed E-state index contributed by atoms with van der Waals surface area (Å²) in [6.07, 6.45) is 9.22. The van der Waals surface area contributed by atoms with E-state index in [4.69, 9.17) is 0 Å². The molecule has 1 N–H and O–H groups in total. The summed E-state index contributed by atoms with van der Waals surface area (Å²) in [5.41, 5.74) is -0.343. The van der Waals surface area contributed by atoms with Gasteiger partial charge >= 0.3 is 0 Å². The summed E-state index contributed by atoms with van der Waals surface area (Å²) in [7, 11) is 0. The molecule has 118 valence electrons. The highest BCUT2D eigenvalue weighted by atomic mass is 16.2. The van der Waals surface area contributed by atoms with Gasteiger partial charge < -0.3 is 5.32 Å². The van der Waals surface area contributed by atoms with Crippen molar-refractivity contribution >= 4 is 11.8 Å². The van der Waals surface area contributed by atoms with Crippen LogP contribution in [0.15, 0.2) is 0 Å². The van der Waals surface area contributed by atoms with E-state index in [1.54, 1.807) is 4.90 Å². The summed E-state index contributed by atoms with van der Waals surface area (Å²) >= 11 is 0. The average molecular weight is 292 g/mol. The second-order valence-corrected chi connectivity index (χ2v) is 7.29. The van der Waals surface area contributed by atoms with E-state index < -0.39 is 0 Å². The predicted molar refractivity (Wildman–Crippen MR) is 81.7 cm³/mol. The number of hydrogen-bond acceptors (Lipinski definition) is 3. The largest absolute Gasteiger partial charge is 0.316 e. The number of rotatable bonds is 2. The molecule has 4 nitrogen and oxygen atoms in total. The maximum atomic E-state index is 13.0. The van der Waals surface area contributed by atoms with Crippen molar-refractivity contribution in [2.24, 2.45) is 11.3 Å². The Kier molecular flexibility index (Phi) is 4.34. The van der Waals surface area contributed by atoms with Crippen LogP contribution in [-0.2, 0) is 9.59 Å². The molecule has 0 aromatic heterocycles. The van der Waals surface area contributed by atoms with Gasteiger partial charge in [0.2, 0.25) is 11.8 Å². The third kappa shape index (κ3) is 2.75. The van der Waals surface area contributed by atoms with E-state index in [0.717, 1.165) is 51.6 Å². The van der Waals surface area contributed by atoms with Crippen LogP contribution in [0.5, 0.6) is 0 Å². The molecule has 0 bridgehead atoms. The van der Waals surface area contributed by atoms with E-state index in [2.05, 4.69) is 12.2 Å². The van der Waals surface area contributed by atoms with Gasteiger partial charge in [0.05, 0.1) is 5.41 Å². The van der Waals surface area contributed by atoms with E-state index in [1.807, 2.05) is 0 Å². The molecule has 1 spiro atoms. The van der Waals surface area contributed by atoms with Gasteiger partial charge in [-0.25, -0.2) is 0 Å². The minimum atomic E-state index is -0.343. The second kappa shape index (κ2) is 6.07. The van der Waals surface area contributed by atoms with Gasteiger partial charge in [-0.2, -0.15) is 0 Å². The van der Waals surface area contributed by atoms with Crippen molar-refractivity contribution in [3.8, 4) is 0 Å². The Morgan fingerprint density at radius 3 is 2.48 bits per heavy atom. The summed E-state index contributed by atoms with van der Waals surface area (Å²) in [5, 5.41) is 3.40. The molecule has 0 radical (unpaired) electrons. The topological polar surface area (TPSA) is 49.4 Å². The SMILES string of the molecule is CC(C1CCCNC1)N1C(=O)CC2(CCCCCC2)C1=O. The van der Waals surface area contributed by atoms with Crippen LogP contribution in [0.4, 0.5) is 0 Å². The number of likely N-dealkylation sites (tertiary alicyclic amines) is 1. The maximum absolute atomic E-state index is 13.0.